The third kappa shape index (κ3) is 3.92. The van der Waals surface area contributed by atoms with Crippen molar-refractivity contribution >= 4 is 11.7 Å². The molecule has 0 aliphatic carbocycles. The number of rotatable bonds is 3. The topological polar surface area (TPSA) is 95.6 Å². The van der Waals surface area contributed by atoms with E-state index in [0.29, 0.717) is 19.6 Å². The Morgan fingerprint density at radius 2 is 1.86 bits per heavy atom. The van der Waals surface area contributed by atoms with Gasteiger partial charge in [-0.05, 0) is 5.41 Å². The van der Waals surface area contributed by atoms with Crippen molar-refractivity contribution in [3.8, 4) is 0 Å². The number of aromatic nitrogens is 2. The van der Waals surface area contributed by atoms with Crippen LogP contribution in [0.3, 0.4) is 0 Å². The van der Waals surface area contributed by atoms with Gasteiger partial charge in [-0.2, -0.15) is 0 Å². The van der Waals surface area contributed by atoms with Crippen LogP contribution in [0.15, 0.2) is 12.4 Å². The number of nitrogen functional groups attached to an aromatic ring is 1. The smallest absolute Gasteiger partial charge is 0.276 e. The lowest BCUT2D eigenvalue weighted by molar-refractivity contribution is 0.0136. The van der Waals surface area contributed by atoms with Crippen LogP contribution in [0, 0.1) is 5.41 Å². The van der Waals surface area contributed by atoms with Crippen LogP contribution in [0.5, 0.6) is 0 Å². The predicted octanol–water partition coefficient (Wildman–Crippen LogP) is 0.224. The van der Waals surface area contributed by atoms with Gasteiger partial charge in [0.1, 0.15) is 0 Å². The Bertz CT molecular complexity index is 521. The third-order valence-corrected chi connectivity index (χ3v) is 4.02. The maximum absolute atomic E-state index is 12.4. The molecule has 0 bridgehead atoms. The number of carbonyl (C=O) groups is 1. The maximum Gasteiger partial charge on any atom is 0.276 e. The molecule has 2 heterocycles. The van der Waals surface area contributed by atoms with Crippen LogP contribution in [0.1, 0.15) is 31.3 Å². The van der Waals surface area contributed by atoms with Gasteiger partial charge in [-0.15, -0.1) is 0 Å². The molecule has 2 rings (SSSR count). The predicted molar refractivity (Wildman–Crippen MR) is 84.2 cm³/mol. The Labute approximate surface area is 131 Å². The third-order valence-electron chi connectivity index (χ3n) is 4.02. The highest BCUT2D eigenvalue weighted by Crippen LogP contribution is 2.20. The molecule has 7 nitrogen and oxygen atoms in total. The van der Waals surface area contributed by atoms with Gasteiger partial charge in [0, 0.05) is 45.1 Å². The zero-order valence-electron chi connectivity index (χ0n) is 13.5. The molecule has 0 aromatic carbocycles. The SMILES string of the molecule is CC(C)(C)[C@@H](O)CN1CCN(C(=O)c2nccnc2N)CC1. The highest BCUT2D eigenvalue weighted by Gasteiger charge is 2.28. The van der Waals surface area contributed by atoms with E-state index in [2.05, 4.69) is 14.9 Å². The fourth-order valence-corrected chi connectivity index (χ4v) is 2.32. The van der Waals surface area contributed by atoms with Gasteiger partial charge >= 0.3 is 0 Å². The van der Waals surface area contributed by atoms with E-state index in [1.807, 2.05) is 20.8 Å². The van der Waals surface area contributed by atoms with Crippen LogP contribution in [-0.4, -0.2) is 69.6 Å². The summed E-state index contributed by atoms with van der Waals surface area (Å²) in [4.78, 5) is 24.2. The highest BCUT2D eigenvalue weighted by molar-refractivity contribution is 5.96. The molecule has 3 N–H and O–H groups in total. The lowest BCUT2D eigenvalue weighted by Crippen LogP contribution is -2.51. The molecule has 22 heavy (non-hydrogen) atoms. The van der Waals surface area contributed by atoms with E-state index in [1.54, 1.807) is 4.90 Å². The largest absolute Gasteiger partial charge is 0.391 e. The van der Waals surface area contributed by atoms with Crippen LogP contribution in [0.25, 0.3) is 0 Å². The van der Waals surface area contributed by atoms with Gasteiger partial charge in [-0.3, -0.25) is 9.69 Å². The summed E-state index contributed by atoms with van der Waals surface area (Å²) in [5.74, 6) is -0.0142. The molecule has 122 valence electrons. The molecule has 1 atom stereocenters. The minimum Gasteiger partial charge on any atom is -0.391 e. The molecule has 1 aliphatic rings. The van der Waals surface area contributed by atoms with Crippen LogP contribution in [0.2, 0.25) is 0 Å². The second-order valence-electron chi connectivity index (χ2n) is 6.76. The minimum atomic E-state index is -0.384. The van der Waals surface area contributed by atoms with Gasteiger partial charge in [0.25, 0.3) is 5.91 Å². The van der Waals surface area contributed by atoms with Crippen molar-refractivity contribution in [2.45, 2.75) is 26.9 Å². The Balaban J connectivity index is 1.90. The molecule has 1 saturated heterocycles. The van der Waals surface area contributed by atoms with E-state index in [4.69, 9.17) is 5.73 Å². The van der Waals surface area contributed by atoms with Crippen molar-refractivity contribution in [3.63, 3.8) is 0 Å². The van der Waals surface area contributed by atoms with Crippen LogP contribution >= 0.6 is 0 Å². The van der Waals surface area contributed by atoms with Crippen molar-refractivity contribution in [3.05, 3.63) is 18.1 Å². The molecule has 1 amide bonds. The first-order valence-electron chi connectivity index (χ1n) is 7.55. The van der Waals surface area contributed by atoms with Crippen molar-refractivity contribution in [2.75, 3.05) is 38.5 Å². The van der Waals surface area contributed by atoms with Crippen molar-refractivity contribution in [1.29, 1.82) is 0 Å². The molecular weight excluding hydrogens is 282 g/mol. The van der Waals surface area contributed by atoms with E-state index in [-0.39, 0.29) is 28.9 Å². The van der Waals surface area contributed by atoms with Gasteiger partial charge in [-0.25, -0.2) is 9.97 Å². The summed E-state index contributed by atoms with van der Waals surface area (Å²) in [6.45, 7) is 9.37. The number of hydrogen-bond donors (Lipinski definition) is 2. The molecular formula is C15H25N5O2. The van der Waals surface area contributed by atoms with Gasteiger partial charge in [0.05, 0.1) is 6.10 Å². The van der Waals surface area contributed by atoms with Gasteiger partial charge in [-0.1, -0.05) is 20.8 Å². The molecule has 1 aliphatic heterocycles. The van der Waals surface area contributed by atoms with Crippen molar-refractivity contribution in [1.82, 2.24) is 19.8 Å². The number of β-amino-alcohol motifs (C(OH)–C–C–N with tert-alkyl or cyclic N) is 1. The molecule has 0 saturated carbocycles. The Morgan fingerprint density at radius 3 is 2.41 bits per heavy atom. The van der Waals surface area contributed by atoms with E-state index in [0.717, 1.165) is 13.1 Å². The summed E-state index contributed by atoms with van der Waals surface area (Å²) in [5, 5.41) is 10.2. The molecule has 1 aromatic rings. The maximum atomic E-state index is 12.4. The molecule has 0 radical (unpaired) electrons. The zero-order chi connectivity index (χ0) is 16.3. The number of nitrogens with zero attached hydrogens (tertiary/aromatic N) is 4. The summed E-state index contributed by atoms with van der Waals surface area (Å²) in [6.07, 6.45) is 2.56. The van der Waals surface area contributed by atoms with Crippen molar-refractivity contribution in [2.24, 2.45) is 5.41 Å². The number of aliphatic hydroxyl groups excluding tert-OH is 1. The number of aliphatic hydroxyl groups is 1. The quantitative estimate of drug-likeness (QED) is 0.829. The van der Waals surface area contributed by atoms with Crippen molar-refractivity contribution < 1.29 is 9.90 Å². The summed E-state index contributed by atoms with van der Waals surface area (Å²) in [5.41, 5.74) is 5.78. The highest BCUT2D eigenvalue weighted by atomic mass is 16.3. The molecule has 0 spiro atoms. The van der Waals surface area contributed by atoms with Crippen LogP contribution in [0.4, 0.5) is 5.82 Å². The lowest BCUT2D eigenvalue weighted by Gasteiger charge is -2.37. The van der Waals surface area contributed by atoms with E-state index in [1.165, 1.54) is 12.4 Å². The second-order valence-corrected chi connectivity index (χ2v) is 6.76. The molecule has 7 heteroatoms. The van der Waals surface area contributed by atoms with Gasteiger partial charge in [0.2, 0.25) is 0 Å². The summed E-state index contributed by atoms with van der Waals surface area (Å²) in [7, 11) is 0. The monoisotopic (exact) mass is 307 g/mol. The lowest BCUT2D eigenvalue weighted by atomic mass is 9.89. The van der Waals surface area contributed by atoms with Gasteiger partial charge in [0.15, 0.2) is 11.5 Å². The number of anilines is 1. The van der Waals surface area contributed by atoms with E-state index in [9.17, 15) is 9.90 Å². The first-order valence-corrected chi connectivity index (χ1v) is 7.55. The number of amides is 1. The first-order chi connectivity index (χ1) is 10.3. The first kappa shape index (κ1) is 16.6. The normalized spacial score (nSPS) is 18.3. The Hall–Kier alpha value is -1.73. The van der Waals surface area contributed by atoms with E-state index < -0.39 is 0 Å². The Kier molecular flexibility index (Phi) is 4.97. The van der Waals surface area contributed by atoms with Gasteiger partial charge < -0.3 is 15.7 Å². The average molecular weight is 307 g/mol. The standard InChI is InChI=1S/C15H25N5O2/c1-15(2,3)11(21)10-19-6-8-20(9-7-19)14(22)12-13(16)18-5-4-17-12/h4-5,11,21H,6-10H2,1-3H3,(H2,16,18)/t11-/m0/s1. The number of carbonyl (C=O) groups excluding carboxylic acids is 1. The summed E-state index contributed by atoms with van der Waals surface area (Å²) >= 11 is 0. The fraction of sp³-hybridized carbons (Fsp3) is 0.667. The second kappa shape index (κ2) is 6.58. The summed E-state index contributed by atoms with van der Waals surface area (Å²) in [6, 6.07) is 0. The van der Waals surface area contributed by atoms with Crippen LogP contribution in [-0.2, 0) is 0 Å². The number of nitrogens with two attached hydrogens (primary N) is 1. The fourth-order valence-electron chi connectivity index (χ4n) is 2.32. The molecule has 0 unspecified atom stereocenters. The summed E-state index contributed by atoms with van der Waals surface area (Å²) < 4.78 is 0. The number of hydrogen-bond acceptors (Lipinski definition) is 6. The zero-order valence-corrected chi connectivity index (χ0v) is 13.5. The molecule has 1 fully saturated rings. The average Bonchev–Trinajstić information content (AvgIpc) is 2.47. The minimum absolute atomic E-state index is 0.138. The van der Waals surface area contributed by atoms with E-state index >= 15 is 0 Å². The Morgan fingerprint density at radius 1 is 1.27 bits per heavy atom. The van der Waals surface area contributed by atoms with Crippen LogP contribution < -0.4 is 5.73 Å². The molecule has 1 aromatic heterocycles. The number of piperazine rings is 1.